The van der Waals surface area contributed by atoms with Crippen molar-refractivity contribution in [2.75, 3.05) is 6.54 Å². The van der Waals surface area contributed by atoms with Gasteiger partial charge >= 0.3 is 0 Å². The highest BCUT2D eigenvalue weighted by Crippen LogP contribution is 2.28. The first-order valence-corrected chi connectivity index (χ1v) is 7.39. The number of hydrogen-bond donors (Lipinski definition) is 0. The van der Waals surface area contributed by atoms with Crippen LogP contribution in [0.15, 0.2) is 45.6 Å². The van der Waals surface area contributed by atoms with Crippen LogP contribution >= 0.6 is 0 Å². The van der Waals surface area contributed by atoms with Gasteiger partial charge in [-0.15, -0.1) is 0 Å². The van der Waals surface area contributed by atoms with Gasteiger partial charge in [-0.2, -0.15) is 0 Å². The molecule has 0 saturated carbocycles. The van der Waals surface area contributed by atoms with E-state index >= 15 is 0 Å². The summed E-state index contributed by atoms with van der Waals surface area (Å²) in [4.78, 5) is 13.6. The Kier molecular flexibility index (Phi) is 5.26. The van der Waals surface area contributed by atoms with Gasteiger partial charge in [-0.05, 0) is 36.6 Å². The molecule has 0 radical (unpaired) electrons. The average Bonchev–Trinajstić information content (AvgIpc) is 3.09. The van der Waals surface area contributed by atoms with Crippen molar-refractivity contribution >= 4 is 5.91 Å². The summed E-state index contributed by atoms with van der Waals surface area (Å²) in [5.74, 6) is 2.65. The molecule has 4 nitrogen and oxygen atoms in total. The Morgan fingerprint density at radius 2 is 1.90 bits per heavy atom. The molecule has 4 heteroatoms. The van der Waals surface area contributed by atoms with Crippen molar-refractivity contribution in [2.24, 2.45) is 5.92 Å². The summed E-state index contributed by atoms with van der Waals surface area (Å²) < 4.78 is 10.9. The lowest BCUT2D eigenvalue weighted by atomic mass is 9.90. The highest BCUT2D eigenvalue weighted by molar-refractivity contribution is 5.73. The van der Waals surface area contributed by atoms with Gasteiger partial charge in [0.1, 0.15) is 11.5 Å². The minimum absolute atomic E-state index is 0.0633. The number of furan rings is 2. The lowest BCUT2D eigenvalue weighted by molar-refractivity contribution is -0.129. The van der Waals surface area contributed by atoms with E-state index in [1.54, 1.807) is 19.5 Å². The molecule has 2 rings (SSSR count). The lowest BCUT2D eigenvalue weighted by Crippen LogP contribution is -2.30. The smallest absolute Gasteiger partial charge is 0.219 e. The molecule has 0 aliphatic heterocycles. The Morgan fingerprint density at radius 3 is 2.43 bits per heavy atom. The summed E-state index contributed by atoms with van der Waals surface area (Å²) in [6.45, 7) is 7.17. The minimum Gasteiger partial charge on any atom is -0.469 e. The fourth-order valence-corrected chi connectivity index (χ4v) is 2.54. The van der Waals surface area contributed by atoms with Gasteiger partial charge in [0.15, 0.2) is 0 Å². The minimum atomic E-state index is 0.0633. The maximum Gasteiger partial charge on any atom is 0.219 e. The van der Waals surface area contributed by atoms with Crippen molar-refractivity contribution in [1.29, 1.82) is 0 Å². The van der Waals surface area contributed by atoms with Gasteiger partial charge in [-0.3, -0.25) is 4.79 Å². The van der Waals surface area contributed by atoms with Gasteiger partial charge in [0, 0.05) is 19.4 Å². The van der Waals surface area contributed by atoms with Gasteiger partial charge in [0.25, 0.3) is 0 Å². The number of amides is 1. The van der Waals surface area contributed by atoms with Crippen LogP contribution < -0.4 is 0 Å². The summed E-state index contributed by atoms with van der Waals surface area (Å²) in [6, 6.07) is 7.65. The summed E-state index contributed by atoms with van der Waals surface area (Å²) in [6.07, 6.45) is 4.22. The monoisotopic (exact) mass is 289 g/mol. The summed E-state index contributed by atoms with van der Waals surface area (Å²) in [7, 11) is 0. The first kappa shape index (κ1) is 15.4. The SMILES string of the molecule is CC(=O)N(CC[C@H](c1ccco1)C(C)C)Cc1ccco1. The van der Waals surface area contributed by atoms with Crippen LogP contribution in [-0.4, -0.2) is 17.4 Å². The molecule has 0 unspecified atom stereocenters. The van der Waals surface area contributed by atoms with E-state index in [2.05, 4.69) is 13.8 Å². The van der Waals surface area contributed by atoms with Crippen LogP contribution in [0.25, 0.3) is 0 Å². The van der Waals surface area contributed by atoms with Gasteiger partial charge in [-0.1, -0.05) is 13.8 Å². The van der Waals surface area contributed by atoms with Crippen LogP contribution in [0.5, 0.6) is 0 Å². The molecule has 0 spiro atoms. The molecular weight excluding hydrogens is 266 g/mol. The van der Waals surface area contributed by atoms with E-state index in [1.165, 1.54) is 0 Å². The lowest BCUT2D eigenvalue weighted by Gasteiger charge is -2.24. The molecule has 0 N–H and O–H groups in total. The Balaban J connectivity index is 1.98. The molecule has 2 aromatic heterocycles. The molecule has 0 aliphatic rings. The van der Waals surface area contributed by atoms with Crippen LogP contribution in [0.2, 0.25) is 0 Å². The standard InChI is InChI=1S/C17H23NO3/c1-13(2)16(17-7-5-11-21-17)8-9-18(14(3)19)12-15-6-4-10-20-15/h4-7,10-11,13,16H,8-9,12H2,1-3H3/t16-/m0/s1. The molecule has 2 aromatic rings. The average molecular weight is 289 g/mol. The fourth-order valence-electron chi connectivity index (χ4n) is 2.54. The largest absolute Gasteiger partial charge is 0.469 e. The normalized spacial score (nSPS) is 12.6. The van der Waals surface area contributed by atoms with Crippen molar-refractivity contribution in [3.63, 3.8) is 0 Å². The third-order valence-corrected chi connectivity index (χ3v) is 3.80. The Labute approximate surface area is 125 Å². The van der Waals surface area contributed by atoms with Crippen molar-refractivity contribution in [3.05, 3.63) is 48.3 Å². The Bertz CT molecular complexity index is 528. The van der Waals surface area contributed by atoms with Crippen LogP contribution in [-0.2, 0) is 11.3 Å². The molecule has 21 heavy (non-hydrogen) atoms. The molecule has 0 saturated heterocycles. The van der Waals surface area contributed by atoms with E-state index < -0.39 is 0 Å². The zero-order chi connectivity index (χ0) is 15.2. The van der Waals surface area contributed by atoms with Gasteiger partial charge in [0.2, 0.25) is 5.91 Å². The third-order valence-electron chi connectivity index (χ3n) is 3.80. The Hall–Kier alpha value is -1.97. The predicted molar refractivity (Wildman–Crippen MR) is 80.7 cm³/mol. The molecule has 1 amide bonds. The van der Waals surface area contributed by atoms with E-state index in [0.29, 0.717) is 24.9 Å². The topological polar surface area (TPSA) is 46.6 Å². The van der Waals surface area contributed by atoms with Crippen molar-refractivity contribution in [2.45, 2.75) is 39.7 Å². The third kappa shape index (κ3) is 4.25. The fraction of sp³-hybridized carbons (Fsp3) is 0.471. The molecule has 114 valence electrons. The molecule has 0 bridgehead atoms. The highest BCUT2D eigenvalue weighted by Gasteiger charge is 2.21. The highest BCUT2D eigenvalue weighted by atomic mass is 16.3. The predicted octanol–water partition coefficient (Wildman–Crippen LogP) is 4.05. The number of nitrogens with zero attached hydrogens (tertiary/aromatic N) is 1. The van der Waals surface area contributed by atoms with E-state index in [1.807, 2.05) is 29.2 Å². The molecule has 0 fully saturated rings. The zero-order valence-electron chi connectivity index (χ0n) is 12.9. The van der Waals surface area contributed by atoms with Crippen molar-refractivity contribution < 1.29 is 13.6 Å². The molecule has 0 aromatic carbocycles. The summed E-state index contributed by atoms with van der Waals surface area (Å²) in [5.41, 5.74) is 0. The van der Waals surface area contributed by atoms with Gasteiger partial charge < -0.3 is 13.7 Å². The van der Waals surface area contributed by atoms with E-state index in [9.17, 15) is 4.79 Å². The molecule has 0 aliphatic carbocycles. The van der Waals surface area contributed by atoms with Crippen molar-refractivity contribution in [3.8, 4) is 0 Å². The van der Waals surface area contributed by atoms with Crippen molar-refractivity contribution in [1.82, 2.24) is 4.90 Å². The first-order valence-electron chi connectivity index (χ1n) is 7.39. The second kappa shape index (κ2) is 7.16. The van der Waals surface area contributed by atoms with Crippen LogP contribution in [0, 0.1) is 5.92 Å². The quantitative estimate of drug-likeness (QED) is 0.772. The molecular formula is C17H23NO3. The van der Waals surface area contributed by atoms with E-state index in [0.717, 1.165) is 17.9 Å². The summed E-state index contributed by atoms with van der Waals surface area (Å²) in [5, 5.41) is 0. The van der Waals surface area contributed by atoms with E-state index in [-0.39, 0.29) is 5.91 Å². The van der Waals surface area contributed by atoms with Crippen LogP contribution in [0.4, 0.5) is 0 Å². The second-order valence-electron chi connectivity index (χ2n) is 5.67. The number of hydrogen-bond acceptors (Lipinski definition) is 3. The Morgan fingerprint density at radius 1 is 1.19 bits per heavy atom. The van der Waals surface area contributed by atoms with Crippen LogP contribution in [0.3, 0.4) is 0 Å². The number of rotatable bonds is 7. The summed E-state index contributed by atoms with van der Waals surface area (Å²) >= 11 is 0. The maximum absolute atomic E-state index is 11.8. The molecule has 1 atom stereocenters. The number of carbonyl (C=O) groups excluding carboxylic acids is 1. The van der Waals surface area contributed by atoms with Gasteiger partial charge in [-0.25, -0.2) is 0 Å². The number of carbonyl (C=O) groups is 1. The zero-order valence-corrected chi connectivity index (χ0v) is 12.9. The van der Waals surface area contributed by atoms with E-state index in [4.69, 9.17) is 8.83 Å². The molecule has 2 heterocycles. The first-order chi connectivity index (χ1) is 10.1. The van der Waals surface area contributed by atoms with Gasteiger partial charge in [0.05, 0.1) is 19.1 Å². The van der Waals surface area contributed by atoms with Crippen LogP contribution in [0.1, 0.15) is 44.6 Å². The second-order valence-corrected chi connectivity index (χ2v) is 5.67. The maximum atomic E-state index is 11.8.